The largest absolute Gasteiger partial charge is 0.485 e. The molecule has 0 radical (unpaired) electrons. The highest BCUT2D eigenvalue weighted by molar-refractivity contribution is 5.94. The molecule has 21 nitrogen and oxygen atoms in total. The lowest BCUT2D eigenvalue weighted by molar-refractivity contribution is -0.250. The maximum Gasteiger partial charge on any atom is 0.340 e. The summed E-state index contributed by atoms with van der Waals surface area (Å²) < 4.78 is 115. The molecule has 1 aliphatic heterocycles. The van der Waals surface area contributed by atoms with Gasteiger partial charge in [0.15, 0.2) is 58.2 Å². The molecule has 0 N–H and O–H groups in total. The summed E-state index contributed by atoms with van der Waals surface area (Å²) in [5.74, 6) is -3.44. The van der Waals surface area contributed by atoms with E-state index in [0.717, 1.165) is 66.8 Å². The summed E-state index contributed by atoms with van der Waals surface area (Å²) in [5.41, 5.74) is 8.64. The third-order valence-electron chi connectivity index (χ3n) is 22.2. The summed E-state index contributed by atoms with van der Waals surface area (Å²) in [6.45, 7) is -0.701. The predicted molar refractivity (Wildman–Crippen MR) is 518 cm³/mol. The molecule has 1 unspecified atom stereocenters. The lowest BCUT2D eigenvalue weighted by atomic mass is 10.0. The molecule has 21 heteroatoms. The maximum absolute atomic E-state index is 16.6. The summed E-state index contributed by atoms with van der Waals surface area (Å²) in [6.07, 6.45) is -8.11. The van der Waals surface area contributed by atoms with Crippen LogP contribution in [-0.4, -0.2) is 55.1 Å². The Bertz CT molecular complexity index is 5940. The first-order chi connectivity index (χ1) is 68.0. The molecular weight excluding hydrogens is 1740 g/mol. The van der Waals surface area contributed by atoms with Crippen molar-refractivity contribution in [3.05, 3.63) is 502 Å². The summed E-state index contributed by atoms with van der Waals surface area (Å²) >= 11 is 0. The van der Waals surface area contributed by atoms with Crippen LogP contribution in [0.15, 0.2) is 413 Å². The van der Waals surface area contributed by atoms with Crippen molar-refractivity contribution in [2.75, 3.05) is 6.61 Å². The lowest BCUT2D eigenvalue weighted by Gasteiger charge is -2.40. The Morgan fingerprint density at radius 1 is 0.188 bits per heavy atom. The van der Waals surface area contributed by atoms with E-state index in [-0.39, 0.29) is 171 Å². The van der Waals surface area contributed by atoms with E-state index in [2.05, 4.69) is 0 Å². The van der Waals surface area contributed by atoms with Gasteiger partial charge in [-0.25, -0.2) is 19.2 Å². The van der Waals surface area contributed by atoms with E-state index < -0.39 is 55.1 Å². The number of benzene rings is 16. The van der Waals surface area contributed by atoms with Crippen LogP contribution in [0.5, 0.6) is 69.0 Å². The molecule has 1 aliphatic rings. The molecule has 692 valence electrons. The van der Waals surface area contributed by atoms with Gasteiger partial charge in [0.25, 0.3) is 0 Å². The normalized spacial score (nSPS) is 13.6. The number of hydrogen-bond acceptors (Lipinski definition) is 21. The Labute approximate surface area is 800 Å². The minimum atomic E-state index is -2.15. The number of ether oxygens (including phenoxy) is 17. The fourth-order valence-corrected chi connectivity index (χ4v) is 15.0. The fourth-order valence-electron chi connectivity index (χ4n) is 15.0. The molecule has 1 saturated heterocycles. The zero-order valence-electron chi connectivity index (χ0n) is 75.3. The van der Waals surface area contributed by atoms with Crippen LogP contribution in [0, 0.1) is 0 Å². The van der Waals surface area contributed by atoms with Gasteiger partial charge in [-0.3, -0.25) is 0 Å². The third kappa shape index (κ3) is 26.1. The molecule has 138 heavy (non-hydrogen) atoms. The Balaban J connectivity index is 0.827. The van der Waals surface area contributed by atoms with Crippen LogP contribution in [0.25, 0.3) is 0 Å². The highest BCUT2D eigenvalue weighted by Crippen LogP contribution is 2.47. The van der Waals surface area contributed by atoms with Gasteiger partial charge in [0.05, 0.1) is 28.9 Å². The molecule has 4 atom stereocenters. The van der Waals surface area contributed by atoms with E-state index in [0.29, 0.717) is 0 Å². The van der Waals surface area contributed by atoms with Crippen molar-refractivity contribution in [1.29, 1.82) is 0 Å². The van der Waals surface area contributed by atoms with E-state index >= 15 is 19.2 Å². The Kier molecular flexibility index (Phi) is 32.0. The maximum atomic E-state index is 16.6. The van der Waals surface area contributed by atoms with Gasteiger partial charge in [-0.1, -0.05) is 364 Å². The molecule has 16 aromatic rings. The summed E-state index contributed by atoms with van der Waals surface area (Å²) in [5, 5.41) is 0. The molecule has 0 aromatic heterocycles. The molecule has 0 amide bonds. The van der Waals surface area contributed by atoms with Crippen molar-refractivity contribution in [1.82, 2.24) is 0 Å². The van der Waals surface area contributed by atoms with Crippen molar-refractivity contribution in [3.63, 3.8) is 0 Å². The molecule has 16 aromatic carbocycles. The second-order valence-electron chi connectivity index (χ2n) is 32.3. The average molecular weight is 1840 g/mol. The van der Waals surface area contributed by atoms with E-state index in [1.54, 1.807) is 0 Å². The Morgan fingerprint density at radius 3 is 0.522 bits per heavy atom. The van der Waals surface area contributed by atoms with Crippen molar-refractivity contribution < 1.29 is 99.7 Å². The first-order valence-electron chi connectivity index (χ1n) is 45.2. The van der Waals surface area contributed by atoms with Gasteiger partial charge in [-0.15, -0.1) is 0 Å². The zero-order chi connectivity index (χ0) is 94.1. The van der Waals surface area contributed by atoms with Crippen molar-refractivity contribution in [2.45, 2.75) is 104 Å². The van der Waals surface area contributed by atoms with E-state index in [1.165, 1.54) is 48.5 Å². The van der Waals surface area contributed by atoms with Crippen LogP contribution >= 0.6 is 0 Å². The molecule has 0 spiro atoms. The van der Waals surface area contributed by atoms with Gasteiger partial charge in [0.1, 0.15) is 79.3 Å². The third-order valence-corrected chi connectivity index (χ3v) is 22.2. The first kappa shape index (κ1) is 92.8. The minimum Gasteiger partial charge on any atom is -0.485 e. The SMILES string of the molecule is O=C(OC1OC[C@@H](OC(=O)c2cc(OCc3ccccc3)c(OCc3ccccc3)c(OCc3ccccc3)c2)[C@@H](OC(=O)c2cc(OCc3ccccc3)c(OCc3ccccc3)c(OCc3ccccc3)c2)[C@H]1OC(=O)c1cc(OCc2ccccc2)c(OCc2ccccc2)c(OCc2ccccc2)c1)c1cc(OCc2ccccc2)c(OCc2ccccc2)c(OCc2ccccc2)c1. The fraction of sp³-hybridized carbons (Fsp3) is 0.145. The van der Waals surface area contributed by atoms with Gasteiger partial charge in [-0.2, -0.15) is 0 Å². The topological polar surface area (TPSA) is 225 Å². The zero-order valence-corrected chi connectivity index (χ0v) is 75.3. The standard InChI is InChI=1S/C117H98O21/c118-113(94-61-98(122-69-82-37-13-1-14-38-82)107(130-77-90-53-29-9-30-54-90)99(62-94)123-70-83-39-15-2-16-40-83)135-106-81-134-117(138-116(121)97-67-104(128-75-88-49-25-7-26-50-88)110(133-80-93-59-35-12-36-60-93)105(68-97)129-76-89-51-27-8-28-52-89)112(137-115(120)96-65-102(126-73-86-45-21-5-22-46-86)109(132-79-92-57-33-11-34-58-92)103(66-96)127-74-87-47-23-6-24-48-87)111(106)136-114(119)95-63-100(124-71-84-41-17-3-18-42-84)108(131-78-91-55-31-10-32-56-91)101(64-95)125-72-85-43-19-4-20-44-85/h1-68,106,111-112,117H,69-81H2/t106-,111-,112-,117?/m1/s1. The van der Waals surface area contributed by atoms with Gasteiger partial charge >= 0.3 is 23.9 Å². The quantitative estimate of drug-likeness (QED) is 0.0255. The van der Waals surface area contributed by atoms with Crippen LogP contribution in [0.2, 0.25) is 0 Å². The van der Waals surface area contributed by atoms with Crippen molar-refractivity contribution in [3.8, 4) is 69.0 Å². The monoisotopic (exact) mass is 1840 g/mol. The summed E-state index contributed by atoms with van der Waals surface area (Å²) in [4.78, 5) is 65.6. The molecule has 1 fully saturated rings. The minimum absolute atomic E-state index is 0.0000821. The molecule has 0 saturated carbocycles. The average Bonchev–Trinajstić information content (AvgIpc) is 0.775. The van der Waals surface area contributed by atoms with E-state index in [4.69, 9.17) is 80.5 Å². The van der Waals surface area contributed by atoms with Crippen molar-refractivity contribution in [2.24, 2.45) is 0 Å². The highest BCUT2D eigenvalue weighted by atomic mass is 16.7. The molecule has 0 aliphatic carbocycles. The van der Waals surface area contributed by atoms with Crippen LogP contribution in [0.3, 0.4) is 0 Å². The molecular formula is C117H98O21. The highest BCUT2D eigenvalue weighted by Gasteiger charge is 2.51. The number of hydrogen-bond donors (Lipinski definition) is 0. The molecule has 17 rings (SSSR count). The van der Waals surface area contributed by atoms with Gasteiger partial charge in [0.2, 0.25) is 35.4 Å². The Hall–Kier alpha value is -17.0. The van der Waals surface area contributed by atoms with Crippen LogP contribution in [0.1, 0.15) is 108 Å². The number of rotatable bonds is 44. The van der Waals surface area contributed by atoms with Crippen LogP contribution in [-0.2, 0) is 103 Å². The lowest BCUT2D eigenvalue weighted by Crippen LogP contribution is -2.58. The molecule has 1 heterocycles. The van der Waals surface area contributed by atoms with Crippen LogP contribution in [0.4, 0.5) is 0 Å². The smallest absolute Gasteiger partial charge is 0.340 e. The number of carbonyl (C=O) groups is 4. The van der Waals surface area contributed by atoms with Gasteiger partial charge in [0, 0.05) is 0 Å². The van der Waals surface area contributed by atoms with Gasteiger partial charge in [-0.05, 0) is 115 Å². The predicted octanol–water partition coefficient (Wildman–Crippen LogP) is 23.8. The molecule has 0 bridgehead atoms. The second kappa shape index (κ2) is 47.5. The summed E-state index contributed by atoms with van der Waals surface area (Å²) in [6, 6.07) is 125. The van der Waals surface area contributed by atoms with Gasteiger partial charge < -0.3 is 80.5 Å². The van der Waals surface area contributed by atoms with Crippen molar-refractivity contribution >= 4 is 23.9 Å². The number of esters is 4. The first-order valence-corrected chi connectivity index (χ1v) is 45.2. The van der Waals surface area contributed by atoms with E-state index in [9.17, 15) is 0 Å². The van der Waals surface area contributed by atoms with Crippen LogP contribution < -0.4 is 56.8 Å². The van der Waals surface area contributed by atoms with E-state index in [1.807, 2.05) is 364 Å². The Morgan fingerprint density at radius 2 is 0.341 bits per heavy atom. The summed E-state index contributed by atoms with van der Waals surface area (Å²) in [7, 11) is 0. The number of carbonyl (C=O) groups excluding carboxylic acids is 4. The second-order valence-corrected chi connectivity index (χ2v) is 32.3.